The van der Waals surface area contributed by atoms with Gasteiger partial charge in [0.25, 0.3) is 0 Å². The highest BCUT2D eigenvalue weighted by Gasteiger charge is 2.39. The first-order valence-corrected chi connectivity index (χ1v) is 11.4. The molecule has 0 bridgehead atoms. The second kappa shape index (κ2) is 7.89. The summed E-state index contributed by atoms with van der Waals surface area (Å²) < 4.78 is 24.8. The van der Waals surface area contributed by atoms with Crippen LogP contribution in [0.15, 0.2) is 40.3 Å². The van der Waals surface area contributed by atoms with E-state index in [0.717, 1.165) is 17.3 Å². The third kappa shape index (κ3) is 5.23. The molecule has 2 heterocycles. The molecule has 0 unspecified atom stereocenters. The molecule has 1 aliphatic rings. The maximum Gasteiger partial charge on any atom is 0.343 e. The Bertz CT molecular complexity index is 968. The minimum Gasteiger partial charge on any atom is -0.349 e. The second-order valence-corrected chi connectivity index (χ2v) is 10.1. The summed E-state index contributed by atoms with van der Waals surface area (Å²) >= 11 is 1.15. The van der Waals surface area contributed by atoms with Crippen LogP contribution in [0, 0.1) is 0 Å². The number of benzene rings is 1. The average molecular weight is 411 g/mol. The molecule has 0 radical (unpaired) electrons. The molecule has 3 rings (SSSR count). The van der Waals surface area contributed by atoms with Crippen LogP contribution in [0.2, 0.25) is 0 Å². The van der Waals surface area contributed by atoms with Gasteiger partial charge >= 0.3 is 5.69 Å². The van der Waals surface area contributed by atoms with Gasteiger partial charge in [0, 0.05) is 6.54 Å². The van der Waals surface area contributed by atoms with Crippen LogP contribution in [-0.4, -0.2) is 51.9 Å². The lowest BCUT2D eigenvalue weighted by Crippen LogP contribution is -2.47. The predicted octanol–water partition coefficient (Wildman–Crippen LogP) is 0.600. The zero-order valence-corrected chi connectivity index (χ0v) is 16.6. The van der Waals surface area contributed by atoms with Crippen molar-refractivity contribution in [3.05, 3.63) is 46.4 Å². The molecular weight excluding hydrogens is 388 g/mol. The maximum absolute atomic E-state index is 12.2. The number of carbonyl (C=O) groups excluding carboxylic acids is 1. The number of hydrogen-bond donors (Lipinski definition) is 2. The number of hydrogen-bond acceptors (Lipinski definition) is 6. The molecule has 1 fully saturated rings. The summed E-state index contributed by atoms with van der Waals surface area (Å²) in [6, 6.07) is 9.79. The Hall–Kier alpha value is -2.07. The van der Waals surface area contributed by atoms with Crippen LogP contribution in [0.5, 0.6) is 0 Å². The summed E-state index contributed by atoms with van der Waals surface area (Å²) in [5.74, 6) is -0.161. The van der Waals surface area contributed by atoms with Crippen LogP contribution in [0.4, 0.5) is 0 Å². The molecule has 1 aliphatic heterocycles. The number of H-pyrrole nitrogens is 1. The van der Waals surface area contributed by atoms with Gasteiger partial charge in [-0.3, -0.25) is 9.36 Å². The Labute approximate surface area is 161 Å². The van der Waals surface area contributed by atoms with Gasteiger partial charge in [-0.1, -0.05) is 42.1 Å². The molecule has 1 atom stereocenters. The lowest BCUT2D eigenvalue weighted by Gasteiger charge is -2.23. The summed E-state index contributed by atoms with van der Waals surface area (Å²) in [5.41, 5.74) is 0.0621. The van der Waals surface area contributed by atoms with E-state index >= 15 is 0 Å². The summed E-state index contributed by atoms with van der Waals surface area (Å²) in [5, 5.41) is 9.64. The zero-order chi connectivity index (χ0) is 19.5. The Morgan fingerprint density at radius 1 is 1.37 bits per heavy atom. The fourth-order valence-electron chi connectivity index (χ4n) is 3.11. The van der Waals surface area contributed by atoms with Gasteiger partial charge in [0.05, 0.1) is 22.8 Å². The largest absolute Gasteiger partial charge is 0.349 e. The van der Waals surface area contributed by atoms with Crippen LogP contribution in [-0.2, 0) is 27.6 Å². The highest BCUT2D eigenvalue weighted by atomic mass is 32.2. The zero-order valence-electron chi connectivity index (χ0n) is 15.0. The normalized spacial score (nSPS) is 21.2. The molecule has 8 nitrogen and oxygen atoms in total. The van der Waals surface area contributed by atoms with Crippen molar-refractivity contribution in [1.82, 2.24) is 20.1 Å². The third-order valence-electron chi connectivity index (χ3n) is 4.47. The maximum atomic E-state index is 12.2. The highest BCUT2D eigenvalue weighted by molar-refractivity contribution is 7.99. The molecule has 0 aliphatic carbocycles. The van der Waals surface area contributed by atoms with Crippen molar-refractivity contribution in [2.24, 2.45) is 0 Å². The molecule has 146 valence electrons. The predicted molar refractivity (Wildman–Crippen MR) is 104 cm³/mol. The number of nitrogens with one attached hydrogen (secondary N) is 2. The Kier molecular flexibility index (Phi) is 5.75. The van der Waals surface area contributed by atoms with E-state index in [2.05, 4.69) is 15.5 Å². The fraction of sp³-hybridized carbons (Fsp3) is 0.471. The lowest BCUT2D eigenvalue weighted by atomic mass is 10.0. The molecule has 27 heavy (non-hydrogen) atoms. The van der Waals surface area contributed by atoms with E-state index in [4.69, 9.17) is 0 Å². The smallest absolute Gasteiger partial charge is 0.343 e. The van der Waals surface area contributed by atoms with Gasteiger partial charge in [-0.25, -0.2) is 18.3 Å². The number of nitrogens with zero attached hydrogens (tertiary/aromatic N) is 2. The Balaban J connectivity index is 1.57. The molecule has 1 aromatic carbocycles. The fourth-order valence-corrected chi connectivity index (χ4v) is 5.97. The molecule has 0 spiro atoms. The van der Waals surface area contributed by atoms with E-state index in [-0.39, 0.29) is 28.9 Å². The standard InChI is InChI=1S/C17H22N4O4S2/c1-17(8-10-27(24,25)12-17)18-14(22)11-26-16-20-19-15(23)21(16)9-7-13-5-3-2-4-6-13/h2-6H,7-12H2,1H3,(H,18,22)(H,19,23)/t17-/m0/s1. The van der Waals surface area contributed by atoms with Crippen molar-refractivity contribution >= 4 is 27.5 Å². The number of aryl methyl sites for hydroxylation is 1. The van der Waals surface area contributed by atoms with Gasteiger partial charge in [-0.2, -0.15) is 0 Å². The van der Waals surface area contributed by atoms with Gasteiger partial charge in [0.1, 0.15) is 0 Å². The molecule has 0 saturated carbocycles. The van der Waals surface area contributed by atoms with Crippen LogP contribution >= 0.6 is 11.8 Å². The van der Waals surface area contributed by atoms with Gasteiger partial charge in [0.15, 0.2) is 15.0 Å². The van der Waals surface area contributed by atoms with E-state index in [1.54, 1.807) is 6.92 Å². The van der Waals surface area contributed by atoms with Crippen molar-refractivity contribution in [3.63, 3.8) is 0 Å². The van der Waals surface area contributed by atoms with Crippen LogP contribution in [0.25, 0.3) is 0 Å². The minimum absolute atomic E-state index is 0.0411. The van der Waals surface area contributed by atoms with E-state index in [0.29, 0.717) is 24.5 Å². The monoisotopic (exact) mass is 410 g/mol. The van der Waals surface area contributed by atoms with E-state index in [9.17, 15) is 18.0 Å². The lowest BCUT2D eigenvalue weighted by molar-refractivity contribution is -0.120. The molecule has 1 amide bonds. The molecular formula is C17H22N4O4S2. The first kappa shape index (κ1) is 19.7. The Morgan fingerprint density at radius 3 is 2.78 bits per heavy atom. The quantitative estimate of drug-likeness (QED) is 0.646. The highest BCUT2D eigenvalue weighted by Crippen LogP contribution is 2.23. The number of aromatic amines is 1. The SMILES string of the molecule is C[C@]1(NC(=O)CSc2n[nH]c(=O)n2CCc2ccccc2)CCS(=O)(=O)C1. The Morgan fingerprint density at radius 2 is 2.11 bits per heavy atom. The molecule has 1 aromatic heterocycles. The summed E-state index contributed by atoms with van der Waals surface area (Å²) in [6.45, 7) is 2.20. The first-order chi connectivity index (χ1) is 12.8. The summed E-state index contributed by atoms with van der Waals surface area (Å²) in [4.78, 5) is 24.2. The number of thioether (sulfide) groups is 1. The molecule has 2 aromatic rings. The van der Waals surface area contributed by atoms with Gasteiger partial charge in [-0.05, 0) is 25.3 Å². The number of rotatable bonds is 7. The van der Waals surface area contributed by atoms with E-state index in [1.165, 1.54) is 4.57 Å². The molecule has 2 N–H and O–H groups in total. The second-order valence-electron chi connectivity index (χ2n) is 6.94. The summed E-state index contributed by atoms with van der Waals surface area (Å²) in [7, 11) is -3.09. The minimum atomic E-state index is -3.09. The first-order valence-electron chi connectivity index (χ1n) is 8.60. The third-order valence-corrected chi connectivity index (χ3v) is 7.35. The molecule has 1 saturated heterocycles. The van der Waals surface area contributed by atoms with E-state index in [1.807, 2.05) is 30.3 Å². The number of carbonyl (C=O) groups is 1. The number of amides is 1. The topological polar surface area (TPSA) is 114 Å². The van der Waals surface area contributed by atoms with Crippen LogP contribution in [0.1, 0.15) is 18.9 Å². The van der Waals surface area contributed by atoms with Crippen molar-refractivity contribution in [2.75, 3.05) is 17.3 Å². The summed E-state index contributed by atoms with van der Waals surface area (Å²) in [6.07, 6.45) is 1.09. The van der Waals surface area contributed by atoms with Crippen molar-refractivity contribution in [2.45, 2.75) is 37.0 Å². The van der Waals surface area contributed by atoms with Gasteiger partial charge in [-0.15, -0.1) is 5.10 Å². The van der Waals surface area contributed by atoms with Gasteiger partial charge in [0.2, 0.25) is 5.91 Å². The van der Waals surface area contributed by atoms with Crippen LogP contribution < -0.4 is 11.0 Å². The van der Waals surface area contributed by atoms with Crippen molar-refractivity contribution < 1.29 is 13.2 Å². The number of sulfone groups is 1. The average Bonchev–Trinajstić information content (AvgIpc) is 3.10. The van der Waals surface area contributed by atoms with Crippen molar-refractivity contribution in [1.29, 1.82) is 0 Å². The van der Waals surface area contributed by atoms with Crippen molar-refractivity contribution in [3.8, 4) is 0 Å². The van der Waals surface area contributed by atoms with Gasteiger partial charge < -0.3 is 5.32 Å². The van der Waals surface area contributed by atoms with E-state index < -0.39 is 15.4 Å². The molecule has 10 heteroatoms. The van der Waals surface area contributed by atoms with Crippen LogP contribution in [0.3, 0.4) is 0 Å². The number of aromatic nitrogens is 3.